The minimum absolute atomic E-state index is 0. The summed E-state index contributed by atoms with van der Waals surface area (Å²) in [6.45, 7) is 0.344. The van der Waals surface area contributed by atoms with E-state index in [-0.39, 0.29) is 17.3 Å². The summed E-state index contributed by atoms with van der Waals surface area (Å²) >= 11 is 3.27. The van der Waals surface area contributed by atoms with Crippen molar-refractivity contribution in [1.82, 2.24) is 4.72 Å². The zero-order valence-electron chi connectivity index (χ0n) is 10.4. The Labute approximate surface area is 128 Å². The van der Waals surface area contributed by atoms with E-state index in [1.54, 1.807) is 24.3 Å². The Bertz CT molecular complexity index is 530. The number of nitrogens with two attached hydrogens (primary N) is 1. The van der Waals surface area contributed by atoms with Gasteiger partial charge in [-0.15, -0.1) is 12.4 Å². The number of sulfonamides is 1. The summed E-state index contributed by atoms with van der Waals surface area (Å²) in [5, 5.41) is 0. The third-order valence-electron chi connectivity index (χ3n) is 3.43. The number of hydrogen-bond donors (Lipinski definition) is 2. The van der Waals surface area contributed by atoms with Crippen LogP contribution < -0.4 is 10.5 Å². The van der Waals surface area contributed by atoms with Crippen LogP contribution in [0.15, 0.2) is 33.6 Å². The maximum atomic E-state index is 12.4. The number of nitrogens with one attached hydrogen (secondary N) is 1. The molecule has 2 rings (SSSR count). The van der Waals surface area contributed by atoms with Crippen LogP contribution in [0.2, 0.25) is 0 Å². The van der Waals surface area contributed by atoms with Gasteiger partial charge in [0.05, 0.1) is 4.90 Å². The van der Waals surface area contributed by atoms with E-state index < -0.39 is 15.6 Å². The van der Waals surface area contributed by atoms with E-state index in [1.807, 2.05) is 0 Å². The van der Waals surface area contributed by atoms with Crippen LogP contribution in [0, 0.1) is 0 Å². The summed E-state index contributed by atoms with van der Waals surface area (Å²) in [5.41, 5.74) is 5.29. The minimum Gasteiger partial charge on any atom is -0.329 e. The van der Waals surface area contributed by atoms with Crippen molar-refractivity contribution in [3.63, 3.8) is 0 Å². The topological polar surface area (TPSA) is 72.2 Å². The number of benzene rings is 1. The molecule has 19 heavy (non-hydrogen) atoms. The second-order valence-corrected chi connectivity index (χ2v) is 7.23. The molecule has 1 aliphatic carbocycles. The number of hydrogen-bond acceptors (Lipinski definition) is 3. The van der Waals surface area contributed by atoms with Crippen LogP contribution in [0.5, 0.6) is 0 Å². The van der Waals surface area contributed by atoms with Crippen molar-refractivity contribution in [1.29, 1.82) is 0 Å². The van der Waals surface area contributed by atoms with Gasteiger partial charge in [0.1, 0.15) is 0 Å². The molecule has 0 atom stereocenters. The third-order valence-corrected chi connectivity index (χ3v) is 6.02. The van der Waals surface area contributed by atoms with Crippen molar-refractivity contribution in [2.75, 3.05) is 6.54 Å². The lowest BCUT2D eigenvalue weighted by Gasteiger charge is -2.28. The molecule has 7 heteroatoms. The van der Waals surface area contributed by atoms with Gasteiger partial charge in [-0.2, -0.15) is 0 Å². The first kappa shape index (κ1) is 16.9. The van der Waals surface area contributed by atoms with Crippen molar-refractivity contribution < 1.29 is 8.42 Å². The maximum Gasteiger partial charge on any atom is 0.242 e. The zero-order chi connectivity index (χ0) is 13.2. The van der Waals surface area contributed by atoms with E-state index in [0.29, 0.717) is 11.0 Å². The largest absolute Gasteiger partial charge is 0.329 e. The Hall–Kier alpha value is -0.140. The highest BCUT2D eigenvalue weighted by molar-refractivity contribution is 9.10. The molecule has 1 aromatic carbocycles. The van der Waals surface area contributed by atoms with Gasteiger partial charge in [-0.05, 0) is 40.9 Å². The van der Waals surface area contributed by atoms with Gasteiger partial charge in [0, 0.05) is 16.6 Å². The molecule has 0 radical (unpaired) electrons. The van der Waals surface area contributed by atoms with Crippen LogP contribution in [0.4, 0.5) is 0 Å². The second kappa shape index (κ2) is 6.54. The fourth-order valence-electron chi connectivity index (χ4n) is 2.40. The maximum absolute atomic E-state index is 12.4. The first-order chi connectivity index (χ1) is 8.49. The molecule has 1 aliphatic rings. The minimum atomic E-state index is -3.52. The molecular formula is C12H18BrClN2O2S. The summed E-state index contributed by atoms with van der Waals surface area (Å²) in [4.78, 5) is 0.268. The summed E-state index contributed by atoms with van der Waals surface area (Å²) in [6.07, 6.45) is 3.67. The average molecular weight is 370 g/mol. The standard InChI is InChI=1S/C12H17BrN2O2S.ClH/c13-10-5-1-2-6-11(10)18(16,17)15-12(9-14)7-3-4-8-12;/h1-2,5-6,15H,3-4,7-9,14H2;1H. The van der Waals surface area contributed by atoms with Crippen LogP contribution in [0.1, 0.15) is 25.7 Å². The van der Waals surface area contributed by atoms with Crippen molar-refractivity contribution >= 4 is 38.4 Å². The Morgan fingerprint density at radius 1 is 1.26 bits per heavy atom. The summed E-state index contributed by atoms with van der Waals surface area (Å²) in [5.74, 6) is 0. The van der Waals surface area contributed by atoms with Crippen LogP contribution in [0.3, 0.4) is 0 Å². The van der Waals surface area contributed by atoms with E-state index in [9.17, 15) is 8.42 Å². The highest BCUT2D eigenvalue weighted by Crippen LogP contribution is 2.31. The van der Waals surface area contributed by atoms with Crippen molar-refractivity contribution in [2.24, 2.45) is 5.73 Å². The van der Waals surface area contributed by atoms with E-state index in [1.165, 1.54) is 0 Å². The first-order valence-corrected chi connectivity index (χ1v) is 8.25. The van der Waals surface area contributed by atoms with Gasteiger partial charge in [0.25, 0.3) is 0 Å². The number of halogens is 2. The quantitative estimate of drug-likeness (QED) is 0.856. The Balaban J connectivity index is 0.00000180. The van der Waals surface area contributed by atoms with Crippen molar-refractivity contribution in [3.05, 3.63) is 28.7 Å². The zero-order valence-corrected chi connectivity index (χ0v) is 13.7. The molecule has 4 nitrogen and oxygen atoms in total. The first-order valence-electron chi connectivity index (χ1n) is 5.98. The second-order valence-electron chi connectivity index (χ2n) is 4.73. The molecule has 0 aliphatic heterocycles. The molecule has 3 N–H and O–H groups in total. The molecule has 0 unspecified atom stereocenters. The van der Waals surface area contributed by atoms with Gasteiger partial charge < -0.3 is 5.73 Å². The Morgan fingerprint density at radius 2 is 1.84 bits per heavy atom. The monoisotopic (exact) mass is 368 g/mol. The van der Waals surface area contributed by atoms with Crippen molar-refractivity contribution in [2.45, 2.75) is 36.1 Å². The van der Waals surface area contributed by atoms with Gasteiger partial charge in [-0.1, -0.05) is 25.0 Å². The molecule has 0 amide bonds. The Kier molecular flexibility index (Phi) is 5.82. The fourth-order valence-corrected chi connectivity index (χ4v) is 4.88. The molecule has 1 saturated carbocycles. The van der Waals surface area contributed by atoms with E-state index in [0.717, 1.165) is 25.7 Å². The third kappa shape index (κ3) is 3.70. The normalized spacial score (nSPS) is 18.0. The molecule has 0 aromatic heterocycles. The Morgan fingerprint density at radius 3 is 2.37 bits per heavy atom. The lowest BCUT2D eigenvalue weighted by atomic mass is 10.0. The van der Waals surface area contributed by atoms with E-state index in [4.69, 9.17) is 5.73 Å². The smallest absolute Gasteiger partial charge is 0.242 e. The molecular weight excluding hydrogens is 352 g/mol. The van der Waals surface area contributed by atoms with Crippen molar-refractivity contribution in [3.8, 4) is 0 Å². The van der Waals surface area contributed by atoms with Gasteiger partial charge in [-0.25, -0.2) is 13.1 Å². The van der Waals surface area contributed by atoms with Gasteiger partial charge >= 0.3 is 0 Å². The predicted octanol–water partition coefficient (Wildman–Crippen LogP) is 2.42. The van der Waals surface area contributed by atoms with E-state index in [2.05, 4.69) is 20.7 Å². The fraction of sp³-hybridized carbons (Fsp3) is 0.500. The van der Waals surface area contributed by atoms with Crippen LogP contribution in [-0.4, -0.2) is 20.5 Å². The molecule has 0 saturated heterocycles. The van der Waals surface area contributed by atoms with Gasteiger partial charge in [-0.3, -0.25) is 0 Å². The van der Waals surface area contributed by atoms with Gasteiger partial charge in [0.15, 0.2) is 0 Å². The van der Waals surface area contributed by atoms with Crippen LogP contribution in [-0.2, 0) is 10.0 Å². The summed E-state index contributed by atoms with van der Waals surface area (Å²) in [7, 11) is -3.52. The average Bonchev–Trinajstić information content (AvgIpc) is 2.78. The molecule has 0 heterocycles. The lowest BCUT2D eigenvalue weighted by Crippen LogP contribution is -2.51. The lowest BCUT2D eigenvalue weighted by molar-refractivity contribution is 0.399. The summed E-state index contributed by atoms with van der Waals surface area (Å²) < 4.78 is 28.1. The molecule has 0 bridgehead atoms. The molecule has 1 fully saturated rings. The number of rotatable bonds is 4. The molecule has 1 aromatic rings. The SMILES string of the molecule is Cl.NCC1(NS(=O)(=O)c2ccccc2Br)CCCC1. The van der Waals surface area contributed by atoms with E-state index >= 15 is 0 Å². The summed E-state index contributed by atoms with van der Waals surface area (Å²) in [6, 6.07) is 6.81. The molecule has 108 valence electrons. The molecule has 0 spiro atoms. The predicted molar refractivity (Wildman–Crippen MR) is 82.0 cm³/mol. The highest BCUT2D eigenvalue weighted by Gasteiger charge is 2.37. The highest BCUT2D eigenvalue weighted by atomic mass is 79.9. The van der Waals surface area contributed by atoms with Crippen LogP contribution >= 0.6 is 28.3 Å². The van der Waals surface area contributed by atoms with Gasteiger partial charge in [0.2, 0.25) is 10.0 Å². The van der Waals surface area contributed by atoms with Crippen LogP contribution in [0.25, 0.3) is 0 Å².